The molecule has 240 valence electrons. The lowest BCUT2D eigenvalue weighted by Gasteiger charge is -2.15. The first-order valence-corrected chi connectivity index (χ1v) is 18.2. The van der Waals surface area contributed by atoms with Crippen LogP contribution in [0.1, 0.15) is 0 Å². The Morgan fingerprint density at radius 1 is 0.373 bits per heavy atom. The fraction of sp³-hybridized carbons (Fsp3) is 0. The zero-order chi connectivity index (χ0) is 33.7. The van der Waals surface area contributed by atoms with Crippen LogP contribution in [0.5, 0.6) is 0 Å². The van der Waals surface area contributed by atoms with E-state index in [0.717, 1.165) is 17.1 Å². The van der Waals surface area contributed by atoms with Crippen LogP contribution < -0.4 is 5.32 Å². The van der Waals surface area contributed by atoms with Crippen LogP contribution in [0.25, 0.3) is 81.0 Å². The topological polar surface area (TPSA) is 17.0 Å². The highest BCUT2D eigenvalue weighted by Crippen LogP contribution is 2.40. The van der Waals surface area contributed by atoms with E-state index in [9.17, 15) is 0 Å². The van der Waals surface area contributed by atoms with Crippen molar-refractivity contribution >= 4 is 64.7 Å². The van der Waals surface area contributed by atoms with E-state index in [0.29, 0.717) is 0 Å². The molecule has 51 heavy (non-hydrogen) atoms. The molecule has 10 rings (SSSR count). The Hall–Kier alpha value is -6.42. The number of hydrogen-bond acceptors (Lipinski definition) is 2. The summed E-state index contributed by atoms with van der Waals surface area (Å²) in [6, 6.07) is 68.1. The third-order valence-electron chi connectivity index (χ3n) is 9.98. The molecule has 0 aliphatic carbocycles. The van der Waals surface area contributed by atoms with Gasteiger partial charge in [-0.25, -0.2) is 0 Å². The average molecular weight is 669 g/mol. The number of para-hydroxylation sites is 2. The van der Waals surface area contributed by atoms with Gasteiger partial charge in [0.1, 0.15) is 0 Å². The van der Waals surface area contributed by atoms with Crippen molar-refractivity contribution in [1.82, 2.24) is 4.57 Å². The van der Waals surface area contributed by atoms with Crippen LogP contribution in [-0.2, 0) is 0 Å². The second-order valence-corrected chi connectivity index (χ2v) is 14.1. The number of hydrogen-bond donors (Lipinski definition) is 1. The quantitative estimate of drug-likeness (QED) is 0.187. The largest absolute Gasteiger partial charge is 0.355 e. The molecule has 8 aromatic carbocycles. The predicted molar refractivity (Wildman–Crippen MR) is 220 cm³/mol. The van der Waals surface area contributed by atoms with E-state index in [-0.39, 0.29) is 0 Å². The number of nitrogens with zero attached hydrogens (tertiary/aromatic N) is 1. The number of fused-ring (bicyclic) bond motifs is 6. The van der Waals surface area contributed by atoms with Gasteiger partial charge in [0.2, 0.25) is 0 Å². The molecule has 0 aliphatic heterocycles. The van der Waals surface area contributed by atoms with Gasteiger partial charge < -0.3 is 9.88 Å². The Morgan fingerprint density at radius 2 is 0.980 bits per heavy atom. The molecule has 10 aromatic rings. The fourth-order valence-corrected chi connectivity index (χ4v) is 8.61. The molecule has 0 bridgehead atoms. The summed E-state index contributed by atoms with van der Waals surface area (Å²) in [6.07, 6.45) is 0. The Labute approximate surface area is 300 Å². The van der Waals surface area contributed by atoms with Crippen molar-refractivity contribution in [2.75, 3.05) is 5.32 Å². The molecular weight excluding hydrogens is 637 g/mol. The summed E-state index contributed by atoms with van der Waals surface area (Å²) in [5.74, 6) is 0. The van der Waals surface area contributed by atoms with Gasteiger partial charge in [-0.1, -0.05) is 115 Å². The first-order valence-electron chi connectivity index (χ1n) is 17.3. The summed E-state index contributed by atoms with van der Waals surface area (Å²) in [4.78, 5) is 0. The second kappa shape index (κ2) is 12.2. The summed E-state index contributed by atoms with van der Waals surface area (Å²) in [7, 11) is 0. The second-order valence-electron chi connectivity index (χ2n) is 13.1. The first kappa shape index (κ1) is 29.5. The van der Waals surface area contributed by atoms with E-state index in [1.165, 1.54) is 75.4 Å². The molecule has 0 unspecified atom stereocenters. The van der Waals surface area contributed by atoms with Gasteiger partial charge in [0.05, 0.1) is 11.0 Å². The molecule has 0 fully saturated rings. The minimum Gasteiger partial charge on any atom is -0.355 e. The van der Waals surface area contributed by atoms with Gasteiger partial charge in [0.15, 0.2) is 0 Å². The molecule has 0 saturated carbocycles. The van der Waals surface area contributed by atoms with Gasteiger partial charge in [-0.15, -0.1) is 11.3 Å². The van der Waals surface area contributed by atoms with Crippen molar-refractivity contribution in [1.29, 1.82) is 0 Å². The molecule has 0 saturated heterocycles. The van der Waals surface area contributed by atoms with Crippen LogP contribution in [0.4, 0.5) is 11.4 Å². The standard InChI is InChI=1S/C48H32N2S/c1-3-12-32(13-4-1)41-29-34(22-25-44(41)49-37-15-5-2-6-16-37)35-23-26-46-42(30-35)39-18-7-9-20-45(39)50(46)38-17-11-14-33(28-38)36-24-27-48-43(31-36)40-19-8-10-21-47(40)51-48/h1-31,49H. The predicted octanol–water partition coefficient (Wildman–Crippen LogP) is 13.9. The van der Waals surface area contributed by atoms with Gasteiger partial charge in [-0.2, -0.15) is 0 Å². The molecule has 0 spiro atoms. The van der Waals surface area contributed by atoms with Crippen molar-refractivity contribution in [3.05, 3.63) is 188 Å². The Kier molecular flexibility index (Phi) is 7.04. The zero-order valence-electron chi connectivity index (χ0n) is 27.8. The monoisotopic (exact) mass is 668 g/mol. The van der Waals surface area contributed by atoms with Crippen LogP contribution in [0.15, 0.2) is 188 Å². The van der Waals surface area contributed by atoms with Gasteiger partial charge in [0.25, 0.3) is 0 Å². The molecule has 0 amide bonds. The Morgan fingerprint density at radius 3 is 1.84 bits per heavy atom. The van der Waals surface area contributed by atoms with Gasteiger partial charge in [-0.05, 0) is 101 Å². The van der Waals surface area contributed by atoms with Gasteiger partial charge in [-0.3, -0.25) is 0 Å². The zero-order valence-corrected chi connectivity index (χ0v) is 28.6. The van der Waals surface area contributed by atoms with Crippen molar-refractivity contribution in [3.8, 4) is 39.1 Å². The third-order valence-corrected chi connectivity index (χ3v) is 11.1. The molecule has 1 N–H and O–H groups in total. The van der Waals surface area contributed by atoms with Crippen LogP contribution in [0.2, 0.25) is 0 Å². The molecule has 0 aliphatic rings. The van der Waals surface area contributed by atoms with Crippen molar-refractivity contribution in [2.45, 2.75) is 0 Å². The number of thiophene rings is 1. The average Bonchev–Trinajstić information content (AvgIpc) is 3.74. The van der Waals surface area contributed by atoms with Gasteiger partial charge >= 0.3 is 0 Å². The number of aromatic nitrogens is 1. The molecule has 2 nitrogen and oxygen atoms in total. The lowest BCUT2D eigenvalue weighted by atomic mass is 9.96. The molecule has 0 atom stereocenters. The fourth-order valence-electron chi connectivity index (χ4n) is 7.53. The van der Waals surface area contributed by atoms with Crippen molar-refractivity contribution in [2.24, 2.45) is 0 Å². The third kappa shape index (κ3) is 5.18. The maximum atomic E-state index is 3.65. The number of benzene rings is 8. The molecular formula is C48H32N2S. The van der Waals surface area contributed by atoms with E-state index >= 15 is 0 Å². The first-order chi connectivity index (χ1) is 25.3. The molecule has 2 aromatic heterocycles. The van der Waals surface area contributed by atoms with E-state index in [2.05, 4.69) is 192 Å². The van der Waals surface area contributed by atoms with Crippen LogP contribution in [0.3, 0.4) is 0 Å². The van der Waals surface area contributed by atoms with Crippen LogP contribution in [-0.4, -0.2) is 4.57 Å². The smallest absolute Gasteiger partial charge is 0.0541 e. The molecule has 3 heteroatoms. The summed E-state index contributed by atoms with van der Waals surface area (Å²) in [5, 5.41) is 8.79. The lowest BCUT2D eigenvalue weighted by molar-refractivity contribution is 1.18. The van der Waals surface area contributed by atoms with E-state index < -0.39 is 0 Å². The van der Waals surface area contributed by atoms with E-state index in [1.54, 1.807) is 0 Å². The number of rotatable bonds is 6. The van der Waals surface area contributed by atoms with E-state index in [4.69, 9.17) is 0 Å². The summed E-state index contributed by atoms with van der Waals surface area (Å²) >= 11 is 1.86. The SMILES string of the molecule is c1ccc(Nc2ccc(-c3ccc4c(c3)c3ccccc3n4-c3cccc(-c4ccc5sc6ccccc6c5c4)c3)cc2-c2ccccc2)cc1. The summed E-state index contributed by atoms with van der Waals surface area (Å²) < 4.78 is 5.07. The minimum atomic E-state index is 1.07. The highest BCUT2D eigenvalue weighted by molar-refractivity contribution is 7.25. The van der Waals surface area contributed by atoms with E-state index in [1.807, 2.05) is 17.4 Å². The van der Waals surface area contributed by atoms with Crippen molar-refractivity contribution < 1.29 is 0 Å². The van der Waals surface area contributed by atoms with Gasteiger partial charge in [0, 0.05) is 53.6 Å². The Bertz CT molecular complexity index is 2880. The van der Waals surface area contributed by atoms with Crippen LogP contribution >= 0.6 is 11.3 Å². The highest BCUT2D eigenvalue weighted by atomic mass is 32.1. The Balaban J connectivity index is 1.09. The summed E-state index contributed by atoms with van der Waals surface area (Å²) in [5.41, 5.74) is 12.9. The lowest BCUT2D eigenvalue weighted by Crippen LogP contribution is -1.95. The maximum absolute atomic E-state index is 3.65. The normalized spacial score (nSPS) is 11.5. The minimum absolute atomic E-state index is 1.07. The molecule has 2 heterocycles. The number of nitrogens with one attached hydrogen (secondary N) is 1. The number of anilines is 2. The van der Waals surface area contributed by atoms with Crippen LogP contribution in [0, 0.1) is 0 Å². The van der Waals surface area contributed by atoms with Crippen molar-refractivity contribution in [3.63, 3.8) is 0 Å². The molecule has 0 radical (unpaired) electrons. The summed E-state index contributed by atoms with van der Waals surface area (Å²) in [6.45, 7) is 0. The maximum Gasteiger partial charge on any atom is 0.0541 e. The highest BCUT2D eigenvalue weighted by Gasteiger charge is 2.16.